The van der Waals surface area contributed by atoms with Gasteiger partial charge < -0.3 is 15.4 Å². The van der Waals surface area contributed by atoms with E-state index in [2.05, 4.69) is 15.4 Å². The van der Waals surface area contributed by atoms with Gasteiger partial charge in [0.15, 0.2) is 0 Å². The van der Waals surface area contributed by atoms with Crippen LogP contribution in [-0.4, -0.2) is 31.7 Å². The van der Waals surface area contributed by atoms with Gasteiger partial charge in [-0.2, -0.15) is 0 Å². The summed E-state index contributed by atoms with van der Waals surface area (Å²) in [6.45, 7) is -0.569. The number of anilines is 2. The molecule has 1 atom stereocenters. The molecule has 1 aromatic carbocycles. The molecule has 1 unspecified atom stereocenters. The fraction of sp³-hybridized carbons (Fsp3) is 0.333. The average Bonchev–Trinajstić information content (AvgIpc) is 2.38. The molecule has 0 saturated carbocycles. The maximum absolute atomic E-state index is 12.3. The molecule has 0 bridgehead atoms. The van der Waals surface area contributed by atoms with E-state index >= 15 is 0 Å². The number of nitrogens with one attached hydrogen (secondary N) is 2. The first-order valence-electron chi connectivity index (χ1n) is 5.51. The van der Waals surface area contributed by atoms with Gasteiger partial charge >= 0.3 is 5.97 Å². The molecule has 18 heavy (non-hydrogen) atoms. The number of hydrogen-bond acceptors (Lipinski definition) is 4. The lowest BCUT2D eigenvalue weighted by atomic mass is 10.1. The first-order valence-corrected chi connectivity index (χ1v) is 5.51. The molecule has 1 aliphatic heterocycles. The molecule has 1 aromatic rings. The minimum absolute atomic E-state index is 0.115. The second-order valence-electron chi connectivity index (χ2n) is 3.92. The summed E-state index contributed by atoms with van der Waals surface area (Å²) in [5.41, 5.74) is 1.51. The molecular weight excluding hydrogens is 239 g/mol. The molecule has 0 aliphatic carbocycles. The Kier molecular flexibility index (Phi) is 3.45. The molecule has 2 rings (SSSR count). The number of carbonyl (C=O) groups is 2. The predicted molar refractivity (Wildman–Crippen MR) is 64.4 cm³/mol. The monoisotopic (exact) mass is 252 g/mol. The minimum Gasteiger partial charge on any atom is -0.465 e. The van der Waals surface area contributed by atoms with Gasteiger partial charge in [0, 0.05) is 6.42 Å². The van der Waals surface area contributed by atoms with E-state index in [-0.39, 0.29) is 12.3 Å². The lowest BCUT2D eigenvalue weighted by Gasteiger charge is -2.26. The highest BCUT2D eigenvalue weighted by Gasteiger charge is 2.25. The van der Waals surface area contributed by atoms with Crippen molar-refractivity contribution in [1.29, 1.82) is 0 Å². The summed E-state index contributed by atoms with van der Waals surface area (Å²) >= 11 is 0. The number of benzene rings is 1. The largest absolute Gasteiger partial charge is 0.465 e. The number of halogens is 1. The third kappa shape index (κ3) is 2.27. The molecule has 0 fully saturated rings. The first kappa shape index (κ1) is 12.3. The number of alkyl halides is 1. The summed E-state index contributed by atoms with van der Waals surface area (Å²) in [5.74, 6) is -0.778. The highest BCUT2D eigenvalue weighted by Crippen LogP contribution is 2.28. The highest BCUT2D eigenvalue weighted by molar-refractivity contribution is 6.04. The minimum atomic E-state index is -0.577. The fourth-order valence-electron chi connectivity index (χ4n) is 1.80. The highest BCUT2D eigenvalue weighted by atomic mass is 19.1. The summed E-state index contributed by atoms with van der Waals surface area (Å²) in [7, 11) is 1.29. The molecule has 2 N–H and O–H groups in total. The first-order chi connectivity index (χ1) is 8.65. The van der Waals surface area contributed by atoms with Gasteiger partial charge in [0.05, 0.1) is 30.7 Å². The lowest BCUT2D eigenvalue weighted by molar-refractivity contribution is -0.117. The lowest BCUT2D eigenvalue weighted by Crippen LogP contribution is -2.39. The predicted octanol–water partition coefficient (Wildman–Crippen LogP) is 1.57. The SMILES string of the molecule is COC(=O)c1ccc2c(c1)NC(=O)C(CCF)N2. The molecule has 0 aromatic heterocycles. The maximum atomic E-state index is 12.3. The summed E-state index contributed by atoms with van der Waals surface area (Å²) in [5, 5.41) is 5.57. The number of fused-ring (bicyclic) bond motifs is 1. The van der Waals surface area contributed by atoms with Crippen LogP contribution in [0.4, 0.5) is 15.8 Å². The quantitative estimate of drug-likeness (QED) is 0.801. The van der Waals surface area contributed by atoms with E-state index < -0.39 is 18.7 Å². The van der Waals surface area contributed by atoms with Crippen molar-refractivity contribution in [3.63, 3.8) is 0 Å². The van der Waals surface area contributed by atoms with Gasteiger partial charge in [-0.05, 0) is 18.2 Å². The van der Waals surface area contributed by atoms with E-state index in [1.165, 1.54) is 13.2 Å². The number of carbonyl (C=O) groups excluding carboxylic acids is 2. The fourth-order valence-corrected chi connectivity index (χ4v) is 1.80. The number of amides is 1. The smallest absolute Gasteiger partial charge is 0.337 e. The molecule has 5 nitrogen and oxygen atoms in total. The molecule has 96 valence electrons. The van der Waals surface area contributed by atoms with E-state index in [1.54, 1.807) is 12.1 Å². The van der Waals surface area contributed by atoms with Crippen LogP contribution in [0.5, 0.6) is 0 Å². The van der Waals surface area contributed by atoms with Crippen molar-refractivity contribution in [3.8, 4) is 0 Å². The summed E-state index contributed by atoms with van der Waals surface area (Å²) in [6.07, 6.45) is 0.115. The van der Waals surface area contributed by atoms with Crippen LogP contribution < -0.4 is 10.6 Å². The van der Waals surface area contributed by atoms with Crippen LogP contribution in [0.2, 0.25) is 0 Å². The van der Waals surface area contributed by atoms with E-state index in [4.69, 9.17) is 0 Å². The molecule has 0 saturated heterocycles. The van der Waals surface area contributed by atoms with Crippen molar-refractivity contribution >= 4 is 23.3 Å². The Labute approximate surface area is 103 Å². The van der Waals surface area contributed by atoms with Crippen LogP contribution in [-0.2, 0) is 9.53 Å². The Morgan fingerprint density at radius 1 is 1.44 bits per heavy atom. The number of rotatable bonds is 3. The van der Waals surface area contributed by atoms with Gasteiger partial charge in [0.1, 0.15) is 6.04 Å². The number of ether oxygens (including phenoxy) is 1. The molecule has 1 amide bonds. The molecule has 6 heteroatoms. The molecule has 0 radical (unpaired) electrons. The summed E-state index contributed by atoms with van der Waals surface area (Å²) < 4.78 is 16.9. The zero-order chi connectivity index (χ0) is 13.1. The average molecular weight is 252 g/mol. The van der Waals surface area contributed by atoms with E-state index in [9.17, 15) is 14.0 Å². The zero-order valence-electron chi connectivity index (χ0n) is 9.83. The van der Waals surface area contributed by atoms with Crippen molar-refractivity contribution < 1.29 is 18.7 Å². The van der Waals surface area contributed by atoms with E-state index in [1.807, 2.05) is 0 Å². The summed E-state index contributed by atoms with van der Waals surface area (Å²) in [6, 6.07) is 4.19. The Morgan fingerprint density at radius 3 is 2.89 bits per heavy atom. The zero-order valence-corrected chi connectivity index (χ0v) is 9.83. The topological polar surface area (TPSA) is 67.4 Å². The Morgan fingerprint density at radius 2 is 2.22 bits per heavy atom. The number of hydrogen-bond donors (Lipinski definition) is 2. The van der Waals surface area contributed by atoms with Gasteiger partial charge in [-0.3, -0.25) is 9.18 Å². The second-order valence-corrected chi connectivity index (χ2v) is 3.92. The van der Waals surface area contributed by atoms with Crippen molar-refractivity contribution in [3.05, 3.63) is 23.8 Å². The third-order valence-corrected chi connectivity index (χ3v) is 2.74. The molecule has 1 heterocycles. The van der Waals surface area contributed by atoms with Gasteiger partial charge in [0.25, 0.3) is 0 Å². The van der Waals surface area contributed by atoms with Crippen LogP contribution in [0.25, 0.3) is 0 Å². The molecule has 1 aliphatic rings. The van der Waals surface area contributed by atoms with Crippen molar-refractivity contribution in [2.24, 2.45) is 0 Å². The number of methoxy groups -OCH3 is 1. The second kappa shape index (κ2) is 5.03. The Balaban J connectivity index is 2.26. The van der Waals surface area contributed by atoms with Gasteiger partial charge in [-0.1, -0.05) is 0 Å². The number of esters is 1. The van der Waals surface area contributed by atoms with Crippen LogP contribution in [0.3, 0.4) is 0 Å². The van der Waals surface area contributed by atoms with Gasteiger partial charge in [-0.15, -0.1) is 0 Å². The van der Waals surface area contributed by atoms with Crippen LogP contribution in [0.1, 0.15) is 16.8 Å². The van der Waals surface area contributed by atoms with Crippen LogP contribution in [0, 0.1) is 0 Å². The Hall–Kier alpha value is -2.11. The van der Waals surface area contributed by atoms with Crippen molar-refractivity contribution in [2.75, 3.05) is 24.4 Å². The Bertz CT molecular complexity index is 490. The maximum Gasteiger partial charge on any atom is 0.337 e. The van der Waals surface area contributed by atoms with Gasteiger partial charge in [-0.25, -0.2) is 4.79 Å². The van der Waals surface area contributed by atoms with Crippen molar-refractivity contribution in [2.45, 2.75) is 12.5 Å². The molecular formula is C12H13FN2O3. The van der Waals surface area contributed by atoms with Crippen molar-refractivity contribution in [1.82, 2.24) is 0 Å². The standard InChI is InChI=1S/C12H13FN2O3/c1-18-12(17)7-2-3-8-10(6-7)15-11(16)9(14-8)4-5-13/h2-3,6,9,14H,4-5H2,1H3,(H,15,16). The van der Waals surface area contributed by atoms with Crippen LogP contribution in [0.15, 0.2) is 18.2 Å². The normalized spacial score (nSPS) is 17.4. The van der Waals surface area contributed by atoms with Gasteiger partial charge in [0.2, 0.25) is 5.91 Å². The van der Waals surface area contributed by atoms with Crippen LogP contribution >= 0.6 is 0 Å². The summed E-state index contributed by atoms with van der Waals surface area (Å²) in [4.78, 5) is 23.0. The van der Waals surface area contributed by atoms with E-state index in [0.29, 0.717) is 16.9 Å². The molecule has 0 spiro atoms. The van der Waals surface area contributed by atoms with E-state index in [0.717, 1.165) is 0 Å². The third-order valence-electron chi connectivity index (χ3n) is 2.74.